The van der Waals surface area contributed by atoms with E-state index in [1.165, 1.54) is 0 Å². The summed E-state index contributed by atoms with van der Waals surface area (Å²) in [6.07, 6.45) is 1.95. The minimum atomic E-state index is -0.789. The summed E-state index contributed by atoms with van der Waals surface area (Å²) in [5, 5.41) is 9.81. The lowest BCUT2D eigenvalue weighted by Gasteiger charge is -2.03. The molecule has 14 heavy (non-hydrogen) atoms. The van der Waals surface area contributed by atoms with E-state index in [-0.39, 0.29) is 6.42 Å². The molecule has 0 unspecified atom stereocenters. The highest BCUT2D eigenvalue weighted by atomic mass is 16.4. The van der Waals surface area contributed by atoms with Crippen molar-refractivity contribution in [2.24, 2.45) is 0 Å². The van der Waals surface area contributed by atoms with Gasteiger partial charge in [0.2, 0.25) is 0 Å². The van der Waals surface area contributed by atoms with Gasteiger partial charge in [0.15, 0.2) is 0 Å². The summed E-state index contributed by atoms with van der Waals surface area (Å²) in [4.78, 5) is 13.7. The number of aromatic amines is 1. The fourth-order valence-electron chi connectivity index (χ4n) is 1.68. The predicted molar refractivity (Wildman–Crippen MR) is 54.4 cm³/mol. The van der Waals surface area contributed by atoms with Crippen LogP contribution in [-0.4, -0.2) is 16.1 Å². The van der Waals surface area contributed by atoms with Crippen LogP contribution in [0.25, 0.3) is 10.9 Å². The maximum Gasteiger partial charge on any atom is 0.307 e. The van der Waals surface area contributed by atoms with Gasteiger partial charge < -0.3 is 10.1 Å². The molecule has 0 bridgehead atoms. The number of carbonyl (C=O) groups is 1. The summed E-state index contributed by atoms with van der Waals surface area (Å²) in [6, 6.07) is 5.75. The molecule has 1 aromatic carbocycles. The van der Waals surface area contributed by atoms with Crippen LogP contribution in [0, 0.1) is 6.92 Å². The number of carboxylic acid groups (broad SMARTS) is 1. The van der Waals surface area contributed by atoms with Crippen LogP contribution in [0.5, 0.6) is 0 Å². The van der Waals surface area contributed by atoms with Crippen molar-refractivity contribution in [3.8, 4) is 0 Å². The van der Waals surface area contributed by atoms with Crippen LogP contribution in [0.3, 0.4) is 0 Å². The molecule has 1 heterocycles. The number of nitrogens with one attached hydrogen (secondary N) is 1. The Bertz CT molecular complexity index is 485. The summed E-state index contributed by atoms with van der Waals surface area (Å²) >= 11 is 0. The van der Waals surface area contributed by atoms with Crippen molar-refractivity contribution in [1.82, 2.24) is 4.98 Å². The summed E-state index contributed by atoms with van der Waals surface area (Å²) in [7, 11) is 0. The van der Waals surface area contributed by atoms with Crippen molar-refractivity contribution in [2.75, 3.05) is 0 Å². The second-order valence-electron chi connectivity index (χ2n) is 3.36. The molecule has 0 atom stereocenters. The highest BCUT2D eigenvalue weighted by molar-refractivity contribution is 5.85. The van der Waals surface area contributed by atoms with Crippen molar-refractivity contribution in [3.05, 3.63) is 35.5 Å². The number of aliphatic carboxylic acids is 1. The van der Waals surface area contributed by atoms with E-state index in [2.05, 4.69) is 4.98 Å². The molecule has 0 fully saturated rings. The average Bonchev–Trinajstić information content (AvgIpc) is 2.57. The Balaban J connectivity index is 2.56. The van der Waals surface area contributed by atoms with Crippen molar-refractivity contribution >= 4 is 16.9 Å². The lowest BCUT2D eigenvalue weighted by molar-refractivity contribution is -0.136. The average molecular weight is 189 g/mol. The second-order valence-corrected chi connectivity index (χ2v) is 3.36. The molecule has 72 valence electrons. The van der Waals surface area contributed by atoms with Crippen LogP contribution >= 0.6 is 0 Å². The molecule has 2 aromatic rings. The molecule has 0 aliphatic carbocycles. The zero-order valence-electron chi connectivity index (χ0n) is 7.87. The van der Waals surface area contributed by atoms with Crippen LogP contribution in [0.15, 0.2) is 24.4 Å². The number of H-pyrrole nitrogens is 1. The molecule has 0 saturated heterocycles. The molecule has 2 N–H and O–H groups in total. The fourth-order valence-corrected chi connectivity index (χ4v) is 1.68. The topological polar surface area (TPSA) is 53.1 Å². The molecule has 2 rings (SSSR count). The molecule has 3 heteroatoms. The van der Waals surface area contributed by atoms with Gasteiger partial charge in [0.05, 0.1) is 6.42 Å². The summed E-state index contributed by atoms with van der Waals surface area (Å²) in [5.41, 5.74) is 2.98. The summed E-state index contributed by atoms with van der Waals surface area (Å²) in [6.45, 7) is 1.95. The Morgan fingerprint density at radius 3 is 2.93 bits per heavy atom. The van der Waals surface area contributed by atoms with E-state index in [0.717, 1.165) is 22.0 Å². The lowest BCUT2D eigenvalue weighted by Crippen LogP contribution is -2.01. The summed E-state index contributed by atoms with van der Waals surface area (Å²) in [5.74, 6) is -0.789. The number of carboxylic acids is 1. The van der Waals surface area contributed by atoms with Crippen LogP contribution in [0.4, 0.5) is 0 Å². The molecule has 0 radical (unpaired) electrons. The minimum Gasteiger partial charge on any atom is -0.481 e. The van der Waals surface area contributed by atoms with Crippen LogP contribution < -0.4 is 0 Å². The van der Waals surface area contributed by atoms with Crippen LogP contribution in [-0.2, 0) is 11.2 Å². The van der Waals surface area contributed by atoms with E-state index in [9.17, 15) is 4.79 Å². The number of aromatic nitrogens is 1. The Labute approximate surface area is 81.4 Å². The van der Waals surface area contributed by atoms with E-state index >= 15 is 0 Å². The highest BCUT2D eigenvalue weighted by Gasteiger charge is 2.07. The third-order valence-corrected chi connectivity index (χ3v) is 2.46. The standard InChI is InChI=1S/C11H11NO2/c1-7-8(6-11(13)14)2-3-10-9(7)4-5-12-10/h2-5,12H,6H2,1H3,(H,13,14). The van der Waals surface area contributed by atoms with Crippen molar-refractivity contribution in [3.63, 3.8) is 0 Å². The van der Waals surface area contributed by atoms with Crippen LogP contribution in [0.1, 0.15) is 11.1 Å². The normalized spacial score (nSPS) is 10.6. The van der Waals surface area contributed by atoms with Gasteiger partial charge in [-0.2, -0.15) is 0 Å². The monoisotopic (exact) mass is 189 g/mol. The number of rotatable bonds is 2. The second kappa shape index (κ2) is 3.18. The molecule has 1 aromatic heterocycles. The predicted octanol–water partition coefficient (Wildman–Crippen LogP) is 2.10. The van der Waals surface area contributed by atoms with E-state index in [4.69, 9.17) is 5.11 Å². The number of hydrogen-bond acceptors (Lipinski definition) is 1. The Hall–Kier alpha value is -1.77. The molecule has 0 amide bonds. The Kier molecular flexibility index (Phi) is 2.00. The number of fused-ring (bicyclic) bond motifs is 1. The highest BCUT2D eigenvalue weighted by Crippen LogP contribution is 2.20. The zero-order chi connectivity index (χ0) is 10.1. The van der Waals surface area contributed by atoms with Gasteiger partial charge in [0.25, 0.3) is 0 Å². The van der Waals surface area contributed by atoms with Crippen LogP contribution in [0.2, 0.25) is 0 Å². The molecule has 3 nitrogen and oxygen atoms in total. The number of aryl methyl sites for hydroxylation is 1. The molecule has 0 aliphatic rings. The third-order valence-electron chi connectivity index (χ3n) is 2.46. The van der Waals surface area contributed by atoms with E-state index in [1.54, 1.807) is 0 Å². The van der Waals surface area contributed by atoms with E-state index in [1.807, 2.05) is 31.3 Å². The smallest absolute Gasteiger partial charge is 0.307 e. The van der Waals surface area contributed by atoms with Gasteiger partial charge in [0.1, 0.15) is 0 Å². The Morgan fingerprint density at radius 2 is 2.21 bits per heavy atom. The first-order chi connectivity index (χ1) is 6.68. The van der Waals surface area contributed by atoms with E-state index < -0.39 is 5.97 Å². The first-order valence-corrected chi connectivity index (χ1v) is 4.46. The van der Waals surface area contributed by atoms with Crippen molar-refractivity contribution < 1.29 is 9.90 Å². The fraction of sp³-hybridized carbons (Fsp3) is 0.182. The molecule has 0 aliphatic heterocycles. The minimum absolute atomic E-state index is 0.0902. The molecular weight excluding hydrogens is 178 g/mol. The van der Waals surface area contributed by atoms with Gasteiger partial charge >= 0.3 is 5.97 Å². The Morgan fingerprint density at radius 1 is 1.43 bits per heavy atom. The largest absolute Gasteiger partial charge is 0.481 e. The SMILES string of the molecule is Cc1c(CC(=O)O)ccc2[nH]ccc12. The maximum absolute atomic E-state index is 10.6. The molecule has 0 saturated carbocycles. The van der Waals surface area contributed by atoms with Crippen molar-refractivity contribution in [1.29, 1.82) is 0 Å². The number of benzene rings is 1. The van der Waals surface area contributed by atoms with Gasteiger partial charge in [0, 0.05) is 17.1 Å². The number of hydrogen-bond donors (Lipinski definition) is 2. The first-order valence-electron chi connectivity index (χ1n) is 4.46. The zero-order valence-corrected chi connectivity index (χ0v) is 7.87. The van der Waals surface area contributed by atoms with Gasteiger partial charge in [-0.25, -0.2) is 0 Å². The van der Waals surface area contributed by atoms with Gasteiger partial charge in [-0.15, -0.1) is 0 Å². The molecular formula is C11H11NO2. The third kappa shape index (κ3) is 1.37. The lowest BCUT2D eigenvalue weighted by atomic mass is 10.0. The van der Waals surface area contributed by atoms with E-state index in [0.29, 0.717) is 0 Å². The maximum atomic E-state index is 10.6. The molecule has 0 spiro atoms. The van der Waals surface area contributed by atoms with Gasteiger partial charge in [-0.05, 0) is 30.2 Å². The summed E-state index contributed by atoms with van der Waals surface area (Å²) < 4.78 is 0. The van der Waals surface area contributed by atoms with Gasteiger partial charge in [-0.1, -0.05) is 6.07 Å². The first kappa shape index (κ1) is 8.81. The quantitative estimate of drug-likeness (QED) is 0.760. The van der Waals surface area contributed by atoms with Gasteiger partial charge in [-0.3, -0.25) is 4.79 Å². The van der Waals surface area contributed by atoms with Crippen molar-refractivity contribution in [2.45, 2.75) is 13.3 Å².